The molecule has 2 heterocycles. The first-order valence-corrected chi connectivity index (χ1v) is 10.0. The van der Waals surface area contributed by atoms with E-state index in [4.69, 9.17) is 4.74 Å². The number of para-hydroxylation sites is 1. The summed E-state index contributed by atoms with van der Waals surface area (Å²) in [6.45, 7) is 2.00. The van der Waals surface area contributed by atoms with Crippen molar-refractivity contribution in [3.8, 4) is 17.0 Å². The van der Waals surface area contributed by atoms with E-state index >= 15 is 0 Å². The van der Waals surface area contributed by atoms with Crippen molar-refractivity contribution < 1.29 is 19.4 Å². The number of carbonyl (C=O) groups is 2. The van der Waals surface area contributed by atoms with Crippen LogP contribution in [0.5, 0.6) is 5.88 Å². The summed E-state index contributed by atoms with van der Waals surface area (Å²) in [6, 6.07) is 22.1. The molecular weight excluding hydrogens is 390 g/mol. The van der Waals surface area contributed by atoms with Gasteiger partial charge in [-0.25, -0.2) is 9.78 Å². The van der Waals surface area contributed by atoms with E-state index in [9.17, 15) is 14.7 Å². The standard InChI is InChI=1S/C26H19NO4/c1-15-6-4-7-16(12-15)22-14-21(28)24-23(17-8-5-9-18(13-17)26(29)30)19-10-2-3-11-20(19)27-25(24)31-22/h2-13,22H,14H2,1H3,(H,29,30)/t22-/m1/s1. The predicted octanol–water partition coefficient (Wildman–Crippen LogP) is 5.61. The van der Waals surface area contributed by atoms with Crippen LogP contribution in [0.25, 0.3) is 22.0 Å². The number of ketones is 1. The molecule has 31 heavy (non-hydrogen) atoms. The van der Waals surface area contributed by atoms with Crippen LogP contribution in [0.15, 0.2) is 72.8 Å². The number of aromatic nitrogens is 1. The van der Waals surface area contributed by atoms with Crippen LogP contribution >= 0.6 is 0 Å². The van der Waals surface area contributed by atoms with E-state index in [0.29, 0.717) is 22.2 Å². The minimum absolute atomic E-state index is 0.0678. The first-order valence-electron chi connectivity index (χ1n) is 10.0. The molecule has 0 fully saturated rings. The molecule has 152 valence electrons. The van der Waals surface area contributed by atoms with Crippen LogP contribution in [-0.4, -0.2) is 21.8 Å². The van der Waals surface area contributed by atoms with Gasteiger partial charge in [0.1, 0.15) is 6.10 Å². The molecule has 4 aromatic rings. The van der Waals surface area contributed by atoms with Gasteiger partial charge in [-0.15, -0.1) is 0 Å². The number of ether oxygens (including phenoxy) is 1. The number of hydrogen-bond donors (Lipinski definition) is 1. The second-order valence-electron chi connectivity index (χ2n) is 7.72. The lowest BCUT2D eigenvalue weighted by Gasteiger charge is -2.27. The maximum absolute atomic E-state index is 13.4. The van der Waals surface area contributed by atoms with Gasteiger partial charge in [-0.3, -0.25) is 4.79 Å². The fourth-order valence-corrected chi connectivity index (χ4v) is 4.14. The molecule has 0 amide bonds. The fraction of sp³-hybridized carbons (Fsp3) is 0.115. The summed E-state index contributed by atoms with van der Waals surface area (Å²) in [7, 11) is 0. The molecule has 1 atom stereocenters. The molecule has 3 aromatic carbocycles. The molecule has 5 heteroatoms. The quantitative estimate of drug-likeness (QED) is 0.476. The van der Waals surface area contributed by atoms with Crippen molar-refractivity contribution in [1.29, 1.82) is 0 Å². The molecule has 0 saturated carbocycles. The van der Waals surface area contributed by atoms with E-state index in [1.165, 1.54) is 6.07 Å². The van der Waals surface area contributed by atoms with Crippen molar-refractivity contribution in [2.24, 2.45) is 0 Å². The number of Topliss-reactive ketones (excluding diaryl/α,β-unsaturated/α-hetero) is 1. The zero-order chi connectivity index (χ0) is 21.5. The number of carboxylic acids is 1. The number of aromatic carboxylic acids is 1. The topological polar surface area (TPSA) is 76.5 Å². The van der Waals surface area contributed by atoms with Crippen LogP contribution in [0.4, 0.5) is 0 Å². The lowest BCUT2D eigenvalue weighted by Crippen LogP contribution is -2.22. The Kier molecular flexibility index (Phi) is 4.51. The third kappa shape index (κ3) is 3.34. The molecule has 0 radical (unpaired) electrons. The number of aryl methyl sites for hydroxylation is 1. The smallest absolute Gasteiger partial charge is 0.335 e. The molecule has 0 spiro atoms. The number of carboxylic acid groups (broad SMARTS) is 1. The lowest BCUT2D eigenvalue weighted by molar-refractivity contribution is 0.0696. The SMILES string of the molecule is Cc1cccc([C@H]2CC(=O)c3c(nc4ccccc4c3-c3cccc(C(=O)O)c3)O2)c1. The number of nitrogens with zero attached hydrogens (tertiary/aromatic N) is 1. The first kappa shape index (κ1) is 19.0. The van der Waals surface area contributed by atoms with Crippen LogP contribution < -0.4 is 4.74 Å². The third-order valence-electron chi connectivity index (χ3n) is 5.57. The van der Waals surface area contributed by atoms with Gasteiger partial charge in [0, 0.05) is 10.9 Å². The molecule has 0 bridgehead atoms. The van der Waals surface area contributed by atoms with Gasteiger partial charge in [0.2, 0.25) is 5.88 Å². The van der Waals surface area contributed by atoms with Crippen LogP contribution in [0, 0.1) is 6.92 Å². The Balaban J connectivity index is 1.73. The highest BCUT2D eigenvalue weighted by Crippen LogP contribution is 2.42. The summed E-state index contributed by atoms with van der Waals surface area (Å²) < 4.78 is 6.24. The first-order chi connectivity index (χ1) is 15.0. The Hall–Kier alpha value is -3.99. The van der Waals surface area contributed by atoms with E-state index in [0.717, 1.165) is 16.5 Å². The minimum atomic E-state index is -1.02. The summed E-state index contributed by atoms with van der Waals surface area (Å²) in [4.78, 5) is 29.5. The monoisotopic (exact) mass is 409 g/mol. The second-order valence-corrected chi connectivity index (χ2v) is 7.72. The zero-order valence-electron chi connectivity index (χ0n) is 16.8. The Morgan fingerprint density at radius 2 is 1.81 bits per heavy atom. The Bertz CT molecular complexity index is 1360. The average molecular weight is 409 g/mol. The number of benzene rings is 3. The number of fused-ring (bicyclic) bond motifs is 2. The fourth-order valence-electron chi connectivity index (χ4n) is 4.14. The molecule has 1 aliphatic heterocycles. The van der Waals surface area contributed by atoms with Crippen molar-refractivity contribution in [1.82, 2.24) is 4.98 Å². The van der Waals surface area contributed by atoms with Gasteiger partial charge in [0.15, 0.2) is 5.78 Å². The maximum atomic E-state index is 13.4. The van der Waals surface area contributed by atoms with E-state index in [2.05, 4.69) is 4.98 Å². The van der Waals surface area contributed by atoms with Crippen molar-refractivity contribution >= 4 is 22.7 Å². The van der Waals surface area contributed by atoms with Gasteiger partial charge in [-0.1, -0.05) is 60.2 Å². The highest BCUT2D eigenvalue weighted by atomic mass is 16.5. The van der Waals surface area contributed by atoms with Crippen LogP contribution in [0.2, 0.25) is 0 Å². The van der Waals surface area contributed by atoms with Gasteiger partial charge in [-0.2, -0.15) is 0 Å². The molecule has 5 nitrogen and oxygen atoms in total. The molecule has 5 rings (SSSR count). The van der Waals surface area contributed by atoms with Crippen LogP contribution in [0.1, 0.15) is 44.4 Å². The predicted molar refractivity (Wildman–Crippen MR) is 118 cm³/mol. The Morgan fingerprint density at radius 3 is 2.61 bits per heavy atom. The van der Waals surface area contributed by atoms with Crippen LogP contribution in [-0.2, 0) is 0 Å². The molecule has 1 aliphatic rings. The normalized spacial score (nSPS) is 15.4. The number of rotatable bonds is 3. The van der Waals surface area contributed by atoms with E-state index in [1.54, 1.807) is 12.1 Å². The molecule has 1 N–H and O–H groups in total. The number of carbonyl (C=O) groups excluding carboxylic acids is 1. The summed E-state index contributed by atoms with van der Waals surface area (Å²) in [5, 5.41) is 10.2. The van der Waals surface area contributed by atoms with Crippen molar-refractivity contribution in [2.45, 2.75) is 19.4 Å². The van der Waals surface area contributed by atoms with Gasteiger partial charge in [-0.05, 0) is 36.2 Å². The van der Waals surface area contributed by atoms with E-state index < -0.39 is 12.1 Å². The third-order valence-corrected chi connectivity index (χ3v) is 5.57. The maximum Gasteiger partial charge on any atom is 0.335 e. The molecular formula is C26H19NO4. The minimum Gasteiger partial charge on any atom is -0.478 e. The second kappa shape index (κ2) is 7.36. The van der Waals surface area contributed by atoms with Crippen molar-refractivity contribution in [3.63, 3.8) is 0 Å². The van der Waals surface area contributed by atoms with Gasteiger partial charge in [0.05, 0.1) is 23.1 Å². The van der Waals surface area contributed by atoms with Crippen molar-refractivity contribution in [2.75, 3.05) is 0 Å². The van der Waals surface area contributed by atoms with Gasteiger partial charge in [0.25, 0.3) is 0 Å². The highest BCUT2D eigenvalue weighted by Gasteiger charge is 2.33. The lowest BCUT2D eigenvalue weighted by atomic mass is 9.89. The summed E-state index contributed by atoms with van der Waals surface area (Å²) in [6.07, 6.45) is -0.214. The highest BCUT2D eigenvalue weighted by molar-refractivity contribution is 6.12. The van der Waals surface area contributed by atoms with Crippen LogP contribution in [0.3, 0.4) is 0 Å². The molecule has 1 aromatic heterocycles. The van der Waals surface area contributed by atoms with Gasteiger partial charge >= 0.3 is 5.97 Å². The average Bonchev–Trinajstić information content (AvgIpc) is 2.77. The molecule has 0 aliphatic carbocycles. The Labute approximate surface area is 178 Å². The number of pyridine rings is 1. The molecule has 0 unspecified atom stereocenters. The van der Waals surface area contributed by atoms with E-state index in [1.807, 2.05) is 61.5 Å². The Morgan fingerprint density at radius 1 is 1.00 bits per heavy atom. The zero-order valence-corrected chi connectivity index (χ0v) is 16.8. The van der Waals surface area contributed by atoms with E-state index in [-0.39, 0.29) is 23.6 Å². The van der Waals surface area contributed by atoms with Crippen molar-refractivity contribution in [3.05, 3.63) is 95.1 Å². The summed E-state index contributed by atoms with van der Waals surface area (Å²) in [5.74, 6) is -0.796. The summed E-state index contributed by atoms with van der Waals surface area (Å²) >= 11 is 0. The number of hydrogen-bond acceptors (Lipinski definition) is 4. The molecule has 0 saturated heterocycles. The largest absolute Gasteiger partial charge is 0.478 e. The van der Waals surface area contributed by atoms with Gasteiger partial charge < -0.3 is 9.84 Å². The summed E-state index contributed by atoms with van der Waals surface area (Å²) in [5.41, 5.74) is 4.60.